The van der Waals surface area contributed by atoms with Crippen LogP contribution in [0.3, 0.4) is 0 Å². The van der Waals surface area contributed by atoms with Crippen molar-refractivity contribution in [2.24, 2.45) is 23.5 Å². The lowest BCUT2D eigenvalue weighted by atomic mass is 9.84. The van der Waals surface area contributed by atoms with Crippen LogP contribution in [0.15, 0.2) is 30.6 Å². The van der Waals surface area contributed by atoms with Gasteiger partial charge in [0.1, 0.15) is 0 Å². The molecule has 4 atom stereocenters. The van der Waals surface area contributed by atoms with E-state index in [4.69, 9.17) is 5.73 Å². The number of carbonyl (C=O) groups is 1. The number of hydrogen-bond acceptors (Lipinski definition) is 4. The molecule has 1 amide bonds. The maximum atomic E-state index is 12.5. The third-order valence-corrected chi connectivity index (χ3v) is 5.02. The van der Waals surface area contributed by atoms with Crippen molar-refractivity contribution in [1.29, 1.82) is 0 Å². The van der Waals surface area contributed by atoms with Crippen LogP contribution in [0.2, 0.25) is 0 Å². The van der Waals surface area contributed by atoms with Crippen molar-refractivity contribution in [1.82, 2.24) is 9.97 Å². The Kier molecular flexibility index (Phi) is 4.02. The number of amides is 1. The number of rotatable bonds is 2. The standard InChI is InChI=1S/C16H18N4O.ClH/c17-15-10-2-1-9(7-10)14(15)16(21)20-11-3-4-12-13(8-11)19-6-5-18-12;/h3-6,8-10,14-15H,1-2,7,17H2,(H,20,21);1H. The lowest BCUT2D eigenvalue weighted by Crippen LogP contribution is -2.42. The topological polar surface area (TPSA) is 80.9 Å². The first-order valence-electron chi connectivity index (χ1n) is 7.49. The van der Waals surface area contributed by atoms with Gasteiger partial charge in [0.25, 0.3) is 0 Å². The Bertz CT molecular complexity index is 705. The van der Waals surface area contributed by atoms with Gasteiger partial charge >= 0.3 is 0 Å². The first-order chi connectivity index (χ1) is 10.2. The number of anilines is 1. The Labute approximate surface area is 135 Å². The minimum atomic E-state index is -0.0405. The molecule has 2 aromatic rings. The van der Waals surface area contributed by atoms with Crippen molar-refractivity contribution in [2.75, 3.05) is 5.32 Å². The molecule has 0 spiro atoms. The highest BCUT2D eigenvalue weighted by atomic mass is 35.5. The van der Waals surface area contributed by atoms with Gasteiger partial charge in [-0.25, -0.2) is 0 Å². The van der Waals surface area contributed by atoms with Crippen molar-refractivity contribution in [3.8, 4) is 0 Å². The summed E-state index contributed by atoms with van der Waals surface area (Å²) in [4.78, 5) is 21.0. The molecule has 4 unspecified atom stereocenters. The minimum absolute atomic E-state index is 0. The second-order valence-corrected chi connectivity index (χ2v) is 6.19. The van der Waals surface area contributed by atoms with E-state index in [1.165, 1.54) is 6.42 Å². The third-order valence-electron chi connectivity index (χ3n) is 5.02. The van der Waals surface area contributed by atoms with Crippen LogP contribution >= 0.6 is 12.4 Å². The number of nitrogens with two attached hydrogens (primary N) is 1. The molecule has 3 N–H and O–H groups in total. The van der Waals surface area contributed by atoms with Crippen LogP contribution in [-0.4, -0.2) is 21.9 Å². The molecule has 2 aliphatic carbocycles. The van der Waals surface area contributed by atoms with E-state index in [1.807, 2.05) is 18.2 Å². The Morgan fingerprint density at radius 2 is 1.86 bits per heavy atom. The number of halogens is 1. The van der Waals surface area contributed by atoms with Crippen LogP contribution < -0.4 is 11.1 Å². The summed E-state index contributed by atoms with van der Waals surface area (Å²) in [6.07, 6.45) is 6.75. The summed E-state index contributed by atoms with van der Waals surface area (Å²) in [7, 11) is 0. The minimum Gasteiger partial charge on any atom is -0.327 e. The zero-order valence-corrected chi connectivity index (χ0v) is 12.9. The van der Waals surface area contributed by atoms with Crippen LogP contribution in [0.5, 0.6) is 0 Å². The normalized spacial score (nSPS) is 29.3. The van der Waals surface area contributed by atoms with Gasteiger partial charge in [0.05, 0.1) is 17.0 Å². The number of benzene rings is 1. The van der Waals surface area contributed by atoms with E-state index in [2.05, 4.69) is 15.3 Å². The van der Waals surface area contributed by atoms with Crippen LogP contribution in [-0.2, 0) is 4.79 Å². The molecule has 0 saturated heterocycles. The molecule has 1 aromatic heterocycles. The largest absolute Gasteiger partial charge is 0.327 e. The lowest BCUT2D eigenvalue weighted by Gasteiger charge is -2.27. The van der Waals surface area contributed by atoms with E-state index in [9.17, 15) is 4.79 Å². The van der Waals surface area contributed by atoms with Crippen molar-refractivity contribution in [3.63, 3.8) is 0 Å². The summed E-state index contributed by atoms with van der Waals surface area (Å²) in [5.41, 5.74) is 8.60. The summed E-state index contributed by atoms with van der Waals surface area (Å²) < 4.78 is 0. The molecule has 116 valence electrons. The number of aromatic nitrogens is 2. The predicted octanol–water partition coefficient (Wildman–Crippen LogP) is 2.36. The number of nitrogens with zero attached hydrogens (tertiary/aromatic N) is 2. The van der Waals surface area contributed by atoms with Gasteiger partial charge < -0.3 is 11.1 Å². The molecule has 0 radical (unpaired) electrons. The van der Waals surface area contributed by atoms with E-state index in [1.54, 1.807) is 12.4 Å². The summed E-state index contributed by atoms with van der Waals surface area (Å²) in [6, 6.07) is 5.62. The van der Waals surface area contributed by atoms with Gasteiger partial charge in [0.15, 0.2) is 0 Å². The maximum Gasteiger partial charge on any atom is 0.229 e. The van der Waals surface area contributed by atoms with E-state index < -0.39 is 0 Å². The zero-order valence-electron chi connectivity index (χ0n) is 12.1. The Morgan fingerprint density at radius 3 is 2.59 bits per heavy atom. The molecule has 2 saturated carbocycles. The van der Waals surface area contributed by atoms with Gasteiger partial charge in [-0.1, -0.05) is 0 Å². The summed E-state index contributed by atoms with van der Waals surface area (Å²) in [5, 5.41) is 3.00. The highest BCUT2D eigenvalue weighted by Gasteiger charge is 2.49. The zero-order chi connectivity index (χ0) is 14.4. The van der Waals surface area contributed by atoms with E-state index in [-0.39, 0.29) is 30.3 Å². The number of carbonyl (C=O) groups excluding carboxylic acids is 1. The Balaban J connectivity index is 0.00000144. The fourth-order valence-electron chi connectivity index (χ4n) is 3.99. The van der Waals surface area contributed by atoms with Gasteiger partial charge in [-0.05, 0) is 49.3 Å². The molecule has 2 aliphatic rings. The molecule has 5 nitrogen and oxygen atoms in total. The van der Waals surface area contributed by atoms with Gasteiger partial charge in [-0.15, -0.1) is 12.4 Å². The second kappa shape index (κ2) is 5.82. The smallest absolute Gasteiger partial charge is 0.229 e. The molecule has 2 bridgehead atoms. The van der Waals surface area contributed by atoms with E-state index in [0.29, 0.717) is 11.8 Å². The van der Waals surface area contributed by atoms with Gasteiger partial charge in [0.2, 0.25) is 5.91 Å². The van der Waals surface area contributed by atoms with Gasteiger partial charge in [-0.3, -0.25) is 14.8 Å². The number of hydrogen-bond donors (Lipinski definition) is 2. The first-order valence-corrected chi connectivity index (χ1v) is 7.49. The van der Waals surface area contributed by atoms with Crippen LogP contribution in [0, 0.1) is 17.8 Å². The molecule has 4 rings (SSSR count). The summed E-state index contributed by atoms with van der Waals surface area (Å²) in [6.45, 7) is 0. The van der Waals surface area contributed by atoms with Crippen molar-refractivity contribution < 1.29 is 4.79 Å². The average Bonchev–Trinajstić information content (AvgIpc) is 3.08. The number of fused-ring (bicyclic) bond motifs is 3. The Hall–Kier alpha value is -1.72. The van der Waals surface area contributed by atoms with Crippen LogP contribution in [0.4, 0.5) is 5.69 Å². The lowest BCUT2D eigenvalue weighted by molar-refractivity contribution is -0.121. The van der Waals surface area contributed by atoms with Gasteiger partial charge in [0, 0.05) is 24.1 Å². The predicted molar refractivity (Wildman–Crippen MR) is 87.7 cm³/mol. The highest BCUT2D eigenvalue weighted by Crippen LogP contribution is 2.47. The number of nitrogens with one attached hydrogen (secondary N) is 1. The molecule has 2 fully saturated rings. The molecule has 1 heterocycles. The molecule has 1 aromatic carbocycles. The molecular weight excluding hydrogens is 300 g/mol. The molecular formula is C16H19ClN4O. The maximum absolute atomic E-state index is 12.5. The van der Waals surface area contributed by atoms with Crippen molar-refractivity contribution in [3.05, 3.63) is 30.6 Å². The summed E-state index contributed by atoms with van der Waals surface area (Å²) >= 11 is 0. The van der Waals surface area contributed by atoms with E-state index >= 15 is 0 Å². The van der Waals surface area contributed by atoms with E-state index in [0.717, 1.165) is 29.6 Å². The monoisotopic (exact) mass is 318 g/mol. The summed E-state index contributed by atoms with van der Waals surface area (Å²) in [5.74, 6) is 1.01. The van der Waals surface area contributed by atoms with Crippen molar-refractivity contribution in [2.45, 2.75) is 25.3 Å². The molecule has 6 heteroatoms. The van der Waals surface area contributed by atoms with Crippen molar-refractivity contribution >= 4 is 35.0 Å². The van der Waals surface area contributed by atoms with Crippen LogP contribution in [0.25, 0.3) is 11.0 Å². The van der Waals surface area contributed by atoms with Crippen LogP contribution in [0.1, 0.15) is 19.3 Å². The fraction of sp³-hybridized carbons (Fsp3) is 0.438. The quantitative estimate of drug-likeness (QED) is 0.890. The third kappa shape index (κ3) is 2.44. The first kappa shape index (κ1) is 15.2. The molecule has 0 aliphatic heterocycles. The highest BCUT2D eigenvalue weighted by molar-refractivity contribution is 5.95. The second-order valence-electron chi connectivity index (χ2n) is 6.19. The SMILES string of the molecule is Cl.NC1C2CCC(C2)C1C(=O)Nc1ccc2nccnc2c1. The molecule has 22 heavy (non-hydrogen) atoms. The van der Waals surface area contributed by atoms with Gasteiger partial charge in [-0.2, -0.15) is 0 Å². The average molecular weight is 319 g/mol. The Morgan fingerprint density at radius 1 is 1.14 bits per heavy atom. The fourth-order valence-corrected chi connectivity index (χ4v) is 3.99.